The van der Waals surface area contributed by atoms with E-state index in [0.29, 0.717) is 5.56 Å². The maximum atomic E-state index is 14.0. The molecule has 3 nitrogen and oxygen atoms in total. The molecule has 1 N–H and O–H groups in total. The highest BCUT2D eigenvalue weighted by Gasteiger charge is 2.10. The van der Waals surface area contributed by atoms with Gasteiger partial charge in [-0.3, -0.25) is 4.68 Å². The minimum atomic E-state index is -0.196. The van der Waals surface area contributed by atoms with Gasteiger partial charge in [-0.25, -0.2) is 4.39 Å². The molecule has 2 rings (SSSR count). The normalized spacial score (nSPS) is 10.9. The third-order valence-electron chi connectivity index (χ3n) is 3.04. The third-order valence-corrected chi connectivity index (χ3v) is 3.04. The molecule has 0 bridgehead atoms. The van der Waals surface area contributed by atoms with Gasteiger partial charge in [0.25, 0.3) is 0 Å². The molecule has 0 aliphatic carbocycles. The van der Waals surface area contributed by atoms with Crippen LogP contribution in [0.4, 0.5) is 4.39 Å². The molecule has 0 fully saturated rings. The van der Waals surface area contributed by atoms with Gasteiger partial charge in [0.1, 0.15) is 5.82 Å². The van der Waals surface area contributed by atoms with E-state index in [9.17, 15) is 4.39 Å². The van der Waals surface area contributed by atoms with Crippen molar-refractivity contribution < 1.29 is 4.39 Å². The topological polar surface area (TPSA) is 29.9 Å². The Morgan fingerprint density at radius 2 is 2.11 bits per heavy atom. The number of halogens is 1. The summed E-state index contributed by atoms with van der Waals surface area (Å²) >= 11 is 0. The fourth-order valence-corrected chi connectivity index (χ4v) is 2.10. The summed E-state index contributed by atoms with van der Waals surface area (Å²) in [6, 6.07) is 7.12. The summed E-state index contributed by atoms with van der Waals surface area (Å²) in [5.74, 6) is -0.196. The summed E-state index contributed by atoms with van der Waals surface area (Å²) in [5.41, 5.74) is 2.56. The highest BCUT2D eigenvalue weighted by atomic mass is 19.1. The molecule has 19 heavy (non-hydrogen) atoms. The van der Waals surface area contributed by atoms with E-state index in [-0.39, 0.29) is 5.82 Å². The highest BCUT2D eigenvalue weighted by molar-refractivity contribution is 5.61. The molecule has 1 aromatic carbocycles. The monoisotopic (exact) mass is 261 g/mol. The van der Waals surface area contributed by atoms with Crippen molar-refractivity contribution in [3.05, 3.63) is 41.8 Å². The van der Waals surface area contributed by atoms with E-state index in [1.165, 1.54) is 6.07 Å². The van der Waals surface area contributed by atoms with Crippen molar-refractivity contribution >= 4 is 0 Å². The predicted molar refractivity (Wildman–Crippen MR) is 75.3 cm³/mol. The summed E-state index contributed by atoms with van der Waals surface area (Å²) in [5, 5.41) is 7.50. The molecule has 0 radical (unpaired) electrons. The first kappa shape index (κ1) is 13.7. The molecule has 4 heteroatoms. The van der Waals surface area contributed by atoms with Crippen molar-refractivity contribution in [2.45, 2.75) is 33.4 Å². The van der Waals surface area contributed by atoms with E-state index >= 15 is 0 Å². The van der Waals surface area contributed by atoms with Crippen LogP contribution in [-0.2, 0) is 13.1 Å². The Balaban J connectivity index is 2.34. The number of rotatable bonds is 6. The van der Waals surface area contributed by atoms with Gasteiger partial charge in [-0.2, -0.15) is 5.10 Å². The van der Waals surface area contributed by atoms with Crippen LogP contribution in [0.25, 0.3) is 11.3 Å². The lowest BCUT2D eigenvalue weighted by Gasteiger charge is -2.09. The van der Waals surface area contributed by atoms with E-state index in [2.05, 4.69) is 24.3 Å². The van der Waals surface area contributed by atoms with Gasteiger partial charge in [0.15, 0.2) is 0 Å². The molecular weight excluding hydrogens is 241 g/mol. The van der Waals surface area contributed by atoms with Crippen LogP contribution in [0.1, 0.15) is 25.8 Å². The fraction of sp³-hybridized carbons (Fsp3) is 0.400. The van der Waals surface area contributed by atoms with Crippen molar-refractivity contribution in [1.82, 2.24) is 15.1 Å². The molecule has 0 aliphatic rings. The van der Waals surface area contributed by atoms with Crippen molar-refractivity contribution in [2.75, 3.05) is 6.54 Å². The molecule has 0 atom stereocenters. The molecule has 102 valence electrons. The number of nitrogens with one attached hydrogen (secondary N) is 1. The Morgan fingerprint density at radius 1 is 1.26 bits per heavy atom. The van der Waals surface area contributed by atoms with E-state index in [1.54, 1.807) is 6.20 Å². The van der Waals surface area contributed by atoms with Crippen molar-refractivity contribution in [3.63, 3.8) is 0 Å². The minimum Gasteiger partial charge on any atom is -0.313 e. The lowest BCUT2D eigenvalue weighted by atomic mass is 10.1. The van der Waals surface area contributed by atoms with Crippen LogP contribution >= 0.6 is 0 Å². The second-order valence-corrected chi connectivity index (χ2v) is 4.53. The second-order valence-electron chi connectivity index (χ2n) is 4.53. The Hall–Kier alpha value is -1.68. The molecule has 0 spiro atoms. The Morgan fingerprint density at radius 3 is 2.84 bits per heavy atom. The van der Waals surface area contributed by atoms with Crippen LogP contribution in [-0.4, -0.2) is 16.3 Å². The SMILES string of the molecule is CCCn1nccc1-c1cc(CNCC)ccc1F. The first-order chi connectivity index (χ1) is 9.26. The number of hydrogen-bond acceptors (Lipinski definition) is 2. The van der Waals surface area contributed by atoms with E-state index < -0.39 is 0 Å². The molecule has 1 aromatic heterocycles. The molecule has 1 heterocycles. The van der Waals surface area contributed by atoms with Gasteiger partial charge in [-0.1, -0.05) is 19.9 Å². The summed E-state index contributed by atoms with van der Waals surface area (Å²) in [7, 11) is 0. The largest absolute Gasteiger partial charge is 0.313 e. The first-order valence-electron chi connectivity index (χ1n) is 6.77. The molecule has 0 saturated heterocycles. The Labute approximate surface area is 113 Å². The maximum absolute atomic E-state index is 14.0. The van der Waals surface area contributed by atoms with Crippen LogP contribution in [0.5, 0.6) is 0 Å². The van der Waals surface area contributed by atoms with E-state index in [4.69, 9.17) is 0 Å². The summed E-state index contributed by atoms with van der Waals surface area (Å²) in [6.07, 6.45) is 2.70. The number of hydrogen-bond donors (Lipinski definition) is 1. The van der Waals surface area contributed by atoms with Gasteiger partial charge < -0.3 is 5.32 Å². The van der Waals surface area contributed by atoms with Crippen molar-refractivity contribution in [2.24, 2.45) is 0 Å². The van der Waals surface area contributed by atoms with Crippen LogP contribution in [0.3, 0.4) is 0 Å². The smallest absolute Gasteiger partial charge is 0.132 e. The number of aromatic nitrogens is 2. The van der Waals surface area contributed by atoms with Crippen LogP contribution in [0, 0.1) is 5.82 Å². The molecule has 0 saturated carbocycles. The molecule has 0 unspecified atom stereocenters. The lowest BCUT2D eigenvalue weighted by Crippen LogP contribution is -2.12. The maximum Gasteiger partial charge on any atom is 0.132 e. The van der Waals surface area contributed by atoms with Crippen LogP contribution in [0.15, 0.2) is 30.5 Å². The predicted octanol–water partition coefficient (Wildman–Crippen LogP) is 3.21. The van der Waals surface area contributed by atoms with Gasteiger partial charge in [0.2, 0.25) is 0 Å². The quantitative estimate of drug-likeness (QED) is 0.865. The third kappa shape index (κ3) is 3.20. The average Bonchev–Trinajstić information content (AvgIpc) is 2.86. The minimum absolute atomic E-state index is 0.196. The van der Waals surface area contributed by atoms with Crippen molar-refractivity contribution in [3.8, 4) is 11.3 Å². The van der Waals surface area contributed by atoms with Gasteiger partial charge >= 0.3 is 0 Å². The van der Waals surface area contributed by atoms with E-state index in [0.717, 1.165) is 37.3 Å². The summed E-state index contributed by atoms with van der Waals surface area (Å²) in [6.45, 7) is 6.61. The standard InChI is InChI=1S/C15H20FN3/c1-3-9-19-15(7-8-18-19)13-10-12(11-17-4-2)5-6-14(13)16/h5-8,10,17H,3-4,9,11H2,1-2H3. The number of nitrogens with zero attached hydrogens (tertiary/aromatic N) is 2. The van der Waals surface area contributed by atoms with Crippen LogP contribution < -0.4 is 5.32 Å². The molecule has 0 amide bonds. The average molecular weight is 261 g/mol. The zero-order valence-corrected chi connectivity index (χ0v) is 11.5. The molecule has 0 aliphatic heterocycles. The zero-order valence-electron chi connectivity index (χ0n) is 11.5. The Bertz CT molecular complexity index is 534. The van der Waals surface area contributed by atoms with Gasteiger partial charge in [0, 0.05) is 24.8 Å². The van der Waals surface area contributed by atoms with Gasteiger partial charge in [0.05, 0.1) is 5.69 Å². The number of aryl methyl sites for hydroxylation is 1. The molecule has 2 aromatic rings. The summed E-state index contributed by atoms with van der Waals surface area (Å²) < 4.78 is 15.9. The lowest BCUT2D eigenvalue weighted by molar-refractivity contribution is 0.597. The van der Waals surface area contributed by atoms with Gasteiger partial charge in [-0.15, -0.1) is 0 Å². The first-order valence-corrected chi connectivity index (χ1v) is 6.77. The second kappa shape index (κ2) is 6.48. The van der Waals surface area contributed by atoms with Gasteiger partial charge in [-0.05, 0) is 36.7 Å². The summed E-state index contributed by atoms with van der Waals surface area (Å²) in [4.78, 5) is 0. The van der Waals surface area contributed by atoms with E-state index in [1.807, 2.05) is 22.9 Å². The van der Waals surface area contributed by atoms with Crippen LogP contribution in [0.2, 0.25) is 0 Å². The Kier molecular flexibility index (Phi) is 4.68. The zero-order chi connectivity index (χ0) is 13.7. The highest BCUT2D eigenvalue weighted by Crippen LogP contribution is 2.24. The molecular formula is C15H20FN3. The van der Waals surface area contributed by atoms with Crippen molar-refractivity contribution in [1.29, 1.82) is 0 Å². The number of benzene rings is 1. The fourth-order valence-electron chi connectivity index (χ4n) is 2.10.